The molecular formula is C12H19N3O2S. The topological polar surface area (TPSA) is 65.5 Å². The third kappa shape index (κ3) is 2.81. The fourth-order valence-electron chi connectivity index (χ4n) is 2.19. The van der Waals surface area contributed by atoms with Crippen molar-refractivity contribution in [3.05, 3.63) is 16.1 Å². The van der Waals surface area contributed by atoms with Gasteiger partial charge in [0.2, 0.25) is 0 Å². The molecule has 2 unspecified atom stereocenters. The first-order valence-electron chi connectivity index (χ1n) is 6.22. The molecule has 5 nitrogen and oxygen atoms in total. The molecule has 2 N–H and O–H groups in total. The van der Waals surface area contributed by atoms with Crippen molar-refractivity contribution in [1.82, 2.24) is 15.2 Å². The number of nitrogens with one attached hydrogen (secondary N) is 1. The highest BCUT2D eigenvalue weighted by Gasteiger charge is 2.29. The Hall–Kier alpha value is -1.14. The highest BCUT2D eigenvalue weighted by molar-refractivity contribution is 7.09. The second-order valence-electron chi connectivity index (χ2n) is 4.67. The minimum Gasteiger partial charge on any atom is -0.394 e. The van der Waals surface area contributed by atoms with Gasteiger partial charge in [-0.25, -0.2) is 9.78 Å². The Morgan fingerprint density at radius 3 is 3.17 bits per heavy atom. The molecule has 0 aromatic carbocycles. The van der Waals surface area contributed by atoms with Gasteiger partial charge in [-0.3, -0.25) is 0 Å². The Morgan fingerprint density at radius 2 is 2.56 bits per heavy atom. The predicted octanol–water partition coefficient (Wildman–Crippen LogP) is 1.68. The number of aryl methyl sites for hydroxylation is 1. The van der Waals surface area contributed by atoms with Crippen LogP contribution in [0.1, 0.15) is 36.5 Å². The van der Waals surface area contributed by atoms with Crippen LogP contribution in [0.3, 0.4) is 0 Å². The van der Waals surface area contributed by atoms with Crippen molar-refractivity contribution in [2.24, 2.45) is 0 Å². The van der Waals surface area contributed by atoms with Gasteiger partial charge in [-0.15, -0.1) is 11.3 Å². The fourth-order valence-corrected chi connectivity index (χ4v) is 3.00. The highest BCUT2D eigenvalue weighted by Crippen LogP contribution is 2.20. The normalized spacial score (nSPS) is 21.1. The number of carbonyl (C=O) groups excluding carboxylic acids is 1. The Morgan fingerprint density at radius 1 is 1.78 bits per heavy atom. The lowest BCUT2D eigenvalue weighted by molar-refractivity contribution is 0.155. The van der Waals surface area contributed by atoms with Gasteiger partial charge in [0.15, 0.2) is 0 Å². The molecule has 1 aromatic heterocycles. The van der Waals surface area contributed by atoms with Gasteiger partial charge in [0.1, 0.15) is 5.01 Å². The van der Waals surface area contributed by atoms with Gasteiger partial charge in [0.25, 0.3) is 0 Å². The molecule has 1 fully saturated rings. The zero-order chi connectivity index (χ0) is 13.1. The first kappa shape index (κ1) is 13.3. The van der Waals surface area contributed by atoms with Gasteiger partial charge < -0.3 is 15.3 Å². The Balaban J connectivity index is 1.94. The van der Waals surface area contributed by atoms with Crippen molar-refractivity contribution >= 4 is 17.4 Å². The number of aromatic nitrogens is 1. The number of aliphatic hydroxyl groups is 1. The van der Waals surface area contributed by atoms with E-state index in [2.05, 4.69) is 10.3 Å². The predicted molar refractivity (Wildman–Crippen MR) is 70.6 cm³/mol. The molecule has 2 amide bonds. The van der Waals surface area contributed by atoms with E-state index < -0.39 is 0 Å². The molecule has 0 saturated carbocycles. The average Bonchev–Trinajstić information content (AvgIpc) is 2.96. The smallest absolute Gasteiger partial charge is 0.318 e. The summed E-state index contributed by atoms with van der Waals surface area (Å²) in [5.74, 6) is 0. The number of nitrogens with zero attached hydrogens (tertiary/aromatic N) is 2. The van der Waals surface area contributed by atoms with Crippen LogP contribution in [-0.4, -0.2) is 40.2 Å². The van der Waals surface area contributed by atoms with Crippen LogP contribution < -0.4 is 5.32 Å². The summed E-state index contributed by atoms with van der Waals surface area (Å²) in [6.07, 6.45) is 1.85. The van der Waals surface area contributed by atoms with Gasteiger partial charge in [-0.2, -0.15) is 0 Å². The molecule has 2 rings (SSSR count). The number of thiazole rings is 1. The van der Waals surface area contributed by atoms with Crippen LogP contribution in [0.4, 0.5) is 4.79 Å². The Kier molecular flexibility index (Phi) is 4.19. The lowest BCUT2D eigenvalue weighted by Gasteiger charge is -2.25. The minimum atomic E-state index is -0.105. The molecule has 2 heterocycles. The number of amides is 2. The second kappa shape index (κ2) is 5.67. The summed E-state index contributed by atoms with van der Waals surface area (Å²) in [6, 6.07) is -0.224. The summed E-state index contributed by atoms with van der Waals surface area (Å²) in [7, 11) is 0. The summed E-state index contributed by atoms with van der Waals surface area (Å²) in [5, 5.41) is 15.0. The fraction of sp³-hybridized carbons (Fsp3) is 0.667. The maximum Gasteiger partial charge on any atom is 0.318 e. The molecule has 1 saturated heterocycles. The van der Waals surface area contributed by atoms with Crippen LogP contribution in [-0.2, 0) is 0 Å². The van der Waals surface area contributed by atoms with Crippen molar-refractivity contribution in [3.63, 3.8) is 0 Å². The molecule has 2 atom stereocenters. The molecule has 18 heavy (non-hydrogen) atoms. The van der Waals surface area contributed by atoms with Crippen LogP contribution >= 0.6 is 11.3 Å². The number of urea groups is 1. The van der Waals surface area contributed by atoms with E-state index in [1.807, 2.05) is 19.2 Å². The van der Waals surface area contributed by atoms with Crippen LogP contribution in [0.5, 0.6) is 0 Å². The molecule has 100 valence electrons. The molecule has 1 aliphatic rings. The summed E-state index contributed by atoms with van der Waals surface area (Å²) in [5.41, 5.74) is 0.977. The highest BCUT2D eigenvalue weighted by atomic mass is 32.1. The van der Waals surface area contributed by atoms with E-state index in [4.69, 9.17) is 0 Å². The van der Waals surface area contributed by atoms with E-state index in [1.165, 1.54) is 0 Å². The SMILES string of the molecule is Cc1csc(C(C)NC(=O)N2CCCC2CO)n1. The molecule has 1 aliphatic heterocycles. The molecule has 0 radical (unpaired) electrons. The number of carbonyl (C=O) groups is 1. The molecule has 0 aliphatic carbocycles. The van der Waals surface area contributed by atoms with E-state index >= 15 is 0 Å². The number of hydrogen-bond donors (Lipinski definition) is 2. The van der Waals surface area contributed by atoms with E-state index in [9.17, 15) is 9.90 Å². The zero-order valence-corrected chi connectivity index (χ0v) is 11.5. The number of likely N-dealkylation sites (tertiary alicyclic amines) is 1. The van der Waals surface area contributed by atoms with Crippen LogP contribution in [0, 0.1) is 6.92 Å². The van der Waals surface area contributed by atoms with E-state index in [1.54, 1.807) is 16.2 Å². The maximum atomic E-state index is 12.1. The molecule has 6 heteroatoms. The lowest BCUT2D eigenvalue weighted by Crippen LogP contribution is -2.44. The average molecular weight is 269 g/mol. The standard InChI is InChI=1S/C12H19N3O2S/c1-8-7-18-11(13-8)9(2)14-12(17)15-5-3-4-10(15)6-16/h7,9-10,16H,3-6H2,1-2H3,(H,14,17). The van der Waals surface area contributed by atoms with Crippen LogP contribution in [0.25, 0.3) is 0 Å². The van der Waals surface area contributed by atoms with Gasteiger partial charge in [-0.1, -0.05) is 0 Å². The second-order valence-corrected chi connectivity index (χ2v) is 5.56. The first-order chi connectivity index (χ1) is 8.61. The van der Waals surface area contributed by atoms with Gasteiger partial charge in [0, 0.05) is 17.6 Å². The van der Waals surface area contributed by atoms with Crippen molar-refractivity contribution in [1.29, 1.82) is 0 Å². The van der Waals surface area contributed by atoms with Gasteiger partial charge in [-0.05, 0) is 26.7 Å². The summed E-state index contributed by atoms with van der Waals surface area (Å²) in [4.78, 5) is 18.2. The van der Waals surface area contributed by atoms with Crippen molar-refractivity contribution in [2.45, 2.75) is 38.8 Å². The van der Waals surface area contributed by atoms with E-state index in [0.29, 0.717) is 0 Å². The van der Waals surface area contributed by atoms with E-state index in [0.717, 1.165) is 30.1 Å². The number of aliphatic hydroxyl groups excluding tert-OH is 1. The Labute approximate surface area is 111 Å². The molecule has 0 spiro atoms. The number of rotatable bonds is 3. The molecule has 0 bridgehead atoms. The van der Waals surface area contributed by atoms with E-state index in [-0.39, 0.29) is 24.7 Å². The summed E-state index contributed by atoms with van der Waals surface area (Å²) in [6.45, 7) is 4.63. The third-order valence-electron chi connectivity index (χ3n) is 3.20. The van der Waals surface area contributed by atoms with Crippen molar-refractivity contribution in [3.8, 4) is 0 Å². The van der Waals surface area contributed by atoms with Crippen LogP contribution in [0.2, 0.25) is 0 Å². The van der Waals surface area contributed by atoms with Gasteiger partial charge in [0.05, 0.1) is 18.7 Å². The Bertz CT molecular complexity index is 421. The monoisotopic (exact) mass is 269 g/mol. The van der Waals surface area contributed by atoms with Crippen LogP contribution in [0.15, 0.2) is 5.38 Å². The minimum absolute atomic E-state index is 0.0322. The zero-order valence-electron chi connectivity index (χ0n) is 10.7. The summed E-state index contributed by atoms with van der Waals surface area (Å²) >= 11 is 1.55. The van der Waals surface area contributed by atoms with Crippen molar-refractivity contribution in [2.75, 3.05) is 13.2 Å². The van der Waals surface area contributed by atoms with Gasteiger partial charge >= 0.3 is 6.03 Å². The largest absolute Gasteiger partial charge is 0.394 e. The summed E-state index contributed by atoms with van der Waals surface area (Å²) < 4.78 is 0. The van der Waals surface area contributed by atoms with Crippen molar-refractivity contribution < 1.29 is 9.90 Å². The third-order valence-corrected chi connectivity index (χ3v) is 4.34. The number of hydrogen-bond acceptors (Lipinski definition) is 4. The lowest BCUT2D eigenvalue weighted by atomic mass is 10.2. The first-order valence-corrected chi connectivity index (χ1v) is 7.09. The quantitative estimate of drug-likeness (QED) is 0.877. The molecular weight excluding hydrogens is 250 g/mol. The maximum absolute atomic E-state index is 12.1. The molecule has 1 aromatic rings.